The second-order valence-corrected chi connectivity index (χ2v) is 21.9. The zero-order chi connectivity index (χ0) is 55.5. The molecule has 16 rings (SSSR count). The first-order valence-corrected chi connectivity index (χ1v) is 29.1. The van der Waals surface area contributed by atoms with Crippen LogP contribution in [-0.2, 0) is 0 Å². The number of para-hydroxylation sites is 3. The lowest BCUT2D eigenvalue weighted by molar-refractivity contribution is 0.979. The number of hydrogen-bond acceptors (Lipinski definition) is 2. The molecule has 0 aliphatic heterocycles. The normalized spacial score (nSPS) is 12.5. The summed E-state index contributed by atoms with van der Waals surface area (Å²) in [5.74, 6) is 0. The van der Waals surface area contributed by atoms with Gasteiger partial charge < -0.3 is 18.9 Å². The molecule has 0 spiro atoms. The van der Waals surface area contributed by atoms with Crippen LogP contribution in [0.1, 0.15) is 12.8 Å². The molecule has 2 heterocycles. The standard InChI is InChI=1S/C80H56N4/c1-5-21-55(22-6-1)57-37-43-62(44-38-57)81(65-49-51-77-73(53-65)67-29-17-19-35-75(67)83(77)60-25-9-3-10-26-60)63-47-41-59(42-48-63)79-69-31-13-15-33-71(69)80(72-34-16-14-32-70(72)79)82(64-45-39-58(40-46-64)56-23-7-2-8-24-56)66-50-52-78-74(54-66)68-30-18-20-36-76(68)84(78)61-27-11-4-12-28-61/h1-9,11-25,27-54H,10,26H2. The van der Waals surface area contributed by atoms with Crippen molar-refractivity contribution in [3.8, 4) is 39.1 Å². The lowest BCUT2D eigenvalue weighted by atomic mass is 9.89. The molecule has 0 unspecified atom stereocenters. The van der Waals surface area contributed by atoms with Gasteiger partial charge in [-0.25, -0.2) is 0 Å². The fourth-order valence-corrected chi connectivity index (χ4v) is 13.3. The van der Waals surface area contributed by atoms with E-state index in [1.54, 1.807) is 0 Å². The van der Waals surface area contributed by atoms with Gasteiger partial charge in [-0.1, -0.05) is 212 Å². The minimum atomic E-state index is 1.01. The highest BCUT2D eigenvalue weighted by Gasteiger charge is 2.25. The molecule has 13 aromatic carbocycles. The second kappa shape index (κ2) is 20.6. The maximum atomic E-state index is 2.50. The van der Waals surface area contributed by atoms with E-state index in [1.165, 1.54) is 98.7 Å². The summed E-state index contributed by atoms with van der Waals surface area (Å²) >= 11 is 0. The molecule has 4 heteroatoms. The van der Waals surface area contributed by atoms with Gasteiger partial charge in [0, 0.05) is 72.1 Å². The fraction of sp³-hybridized carbons (Fsp3) is 0.0250. The molecule has 0 N–H and O–H groups in total. The first-order valence-electron chi connectivity index (χ1n) is 29.1. The molecule has 0 bridgehead atoms. The van der Waals surface area contributed by atoms with Gasteiger partial charge in [0.05, 0.1) is 27.8 Å². The van der Waals surface area contributed by atoms with Crippen LogP contribution in [0.15, 0.2) is 315 Å². The van der Waals surface area contributed by atoms with Crippen LogP contribution in [0.2, 0.25) is 0 Å². The summed E-state index contributed by atoms with van der Waals surface area (Å²) in [7, 11) is 0. The van der Waals surface area contributed by atoms with Crippen LogP contribution >= 0.6 is 0 Å². The molecule has 1 aliphatic carbocycles. The summed E-state index contributed by atoms with van der Waals surface area (Å²) in [4.78, 5) is 4.92. The molecule has 0 fully saturated rings. The van der Waals surface area contributed by atoms with Gasteiger partial charge in [-0.05, 0) is 160 Å². The van der Waals surface area contributed by atoms with E-state index >= 15 is 0 Å². The van der Waals surface area contributed by atoms with Crippen LogP contribution in [-0.4, -0.2) is 9.13 Å². The zero-order valence-corrected chi connectivity index (χ0v) is 46.2. The molecule has 396 valence electrons. The molecular weight excluding hydrogens is 1020 g/mol. The number of hydrogen-bond donors (Lipinski definition) is 0. The maximum Gasteiger partial charge on any atom is 0.0618 e. The Morgan fingerprint density at radius 1 is 0.274 bits per heavy atom. The number of aromatic nitrogens is 2. The van der Waals surface area contributed by atoms with Crippen LogP contribution < -0.4 is 9.80 Å². The van der Waals surface area contributed by atoms with Gasteiger partial charge in [-0.2, -0.15) is 0 Å². The third-order valence-corrected chi connectivity index (χ3v) is 17.1. The Balaban J connectivity index is 0.866. The van der Waals surface area contributed by atoms with E-state index in [0.717, 1.165) is 58.2 Å². The van der Waals surface area contributed by atoms with Crippen molar-refractivity contribution in [3.63, 3.8) is 0 Å². The van der Waals surface area contributed by atoms with E-state index in [4.69, 9.17) is 0 Å². The first-order chi connectivity index (χ1) is 41.7. The number of anilines is 6. The van der Waals surface area contributed by atoms with Crippen molar-refractivity contribution in [1.82, 2.24) is 9.13 Å². The van der Waals surface area contributed by atoms with Crippen molar-refractivity contribution >= 4 is 105 Å². The third kappa shape index (κ3) is 8.29. The Labute approximate surface area is 488 Å². The number of nitrogens with zero attached hydrogens (tertiary/aromatic N) is 4. The molecule has 0 atom stereocenters. The molecule has 0 saturated heterocycles. The van der Waals surface area contributed by atoms with Gasteiger partial charge >= 0.3 is 0 Å². The van der Waals surface area contributed by atoms with Crippen LogP contribution in [0.25, 0.3) is 110 Å². The summed E-state index contributed by atoms with van der Waals surface area (Å²) < 4.78 is 4.86. The van der Waals surface area contributed by atoms with E-state index in [0.29, 0.717) is 0 Å². The third-order valence-electron chi connectivity index (χ3n) is 17.1. The highest BCUT2D eigenvalue weighted by atomic mass is 15.2. The average molecular weight is 1070 g/mol. The van der Waals surface area contributed by atoms with Crippen molar-refractivity contribution in [2.45, 2.75) is 12.8 Å². The molecule has 0 saturated carbocycles. The number of allylic oxidation sites excluding steroid dienone is 4. The van der Waals surface area contributed by atoms with Crippen LogP contribution in [0.4, 0.5) is 34.1 Å². The Morgan fingerprint density at radius 3 is 1.17 bits per heavy atom. The minimum absolute atomic E-state index is 1.01. The highest BCUT2D eigenvalue weighted by Crippen LogP contribution is 2.50. The topological polar surface area (TPSA) is 16.3 Å². The summed E-state index contributed by atoms with van der Waals surface area (Å²) in [5, 5.41) is 9.61. The predicted molar refractivity (Wildman–Crippen MR) is 357 cm³/mol. The van der Waals surface area contributed by atoms with Crippen molar-refractivity contribution in [3.05, 3.63) is 315 Å². The van der Waals surface area contributed by atoms with Crippen molar-refractivity contribution in [2.75, 3.05) is 9.80 Å². The molecule has 2 aromatic heterocycles. The molecule has 4 nitrogen and oxygen atoms in total. The number of rotatable bonds is 11. The van der Waals surface area contributed by atoms with Crippen molar-refractivity contribution in [1.29, 1.82) is 0 Å². The van der Waals surface area contributed by atoms with Gasteiger partial charge in [0.25, 0.3) is 0 Å². The van der Waals surface area contributed by atoms with Crippen molar-refractivity contribution in [2.24, 2.45) is 0 Å². The molecule has 84 heavy (non-hydrogen) atoms. The van der Waals surface area contributed by atoms with Gasteiger partial charge in [-0.3, -0.25) is 0 Å². The average Bonchev–Trinajstić information content (AvgIpc) is 1.61. The maximum absolute atomic E-state index is 2.50. The number of benzene rings is 13. The second-order valence-electron chi connectivity index (χ2n) is 21.9. The Hall–Kier alpha value is -10.9. The van der Waals surface area contributed by atoms with Crippen LogP contribution in [0.5, 0.6) is 0 Å². The largest absolute Gasteiger partial charge is 0.313 e. The molecule has 15 aromatic rings. The van der Waals surface area contributed by atoms with E-state index in [1.807, 2.05) is 0 Å². The van der Waals surface area contributed by atoms with E-state index in [2.05, 4.69) is 334 Å². The zero-order valence-electron chi connectivity index (χ0n) is 46.2. The lowest BCUT2D eigenvalue weighted by Gasteiger charge is -2.30. The number of fused-ring (bicyclic) bond motifs is 8. The van der Waals surface area contributed by atoms with E-state index in [-0.39, 0.29) is 0 Å². The summed E-state index contributed by atoms with van der Waals surface area (Å²) in [6.07, 6.45) is 8.79. The molecular formula is C80H56N4. The monoisotopic (exact) mass is 1070 g/mol. The Kier molecular flexibility index (Phi) is 12.0. The van der Waals surface area contributed by atoms with Gasteiger partial charge in [-0.15, -0.1) is 0 Å². The SMILES string of the molecule is C1=CCCC(n2c3ccccc3c3cc(N(c4ccc(-c5ccccc5)cc4)c4ccc(-c5c6ccccc6c(N(c6ccc(-c7ccccc7)cc6)c6ccc7c(c6)c6ccccc6n7-c6ccccc6)c6ccccc56)cc4)ccc32)=C1. The van der Waals surface area contributed by atoms with Crippen molar-refractivity contribution < 1.29 is 0 Å². The quantitative estimate of drug-likeness (QED) is 0.120. The highest BCUT2D eigenvalue weighted by molar-refractivity contribution is 6.23. The van der Waals surface area contributed by atoms with E-state index in [9.17, 15) is 0 Å². The molecule has 0 radical (unpaired) electrons. The Morgan fingerprint density at radius 2 is 0.655 bits per heavy atom. The first kappa shape index (κ1) is 48.9. The predicted octanol–water partition coefficient (Wildman–Crippen LogP) is 22.3. The van der Waals surface area contributed by atoms with Crippen LogP contribution in [0.3, 0.4) is 0 Å². The minimum Gasteiger partial charge on any atom is -0.313 e. The smallest absolute Gasteiger partial charge is 0.0618 e. The van der Waals surface area contributed by atoms with Crippen LogP contribution in [0, 0.1) is 0 Å². The lowest BCUT2D eigenvalue weighted by Crippen LogP contribution is -2.12. The summed E-state index contributed by atoms with van der Waals surface area (Å²) in [6, 6.07) is 109. The molecule has 0 amide bonds. The van der Waals surface area contributed by atoms with Gasteiger partial charge in [0.2, 0.25) is 0 Å². The molecule has 1 aliphatic rings. The summed E-state index contributed by atoms with van der Waals surface area (Å²) in [5.41, 5.74) is 20.9. The van der Waals surface area contributed by atoms with E-state index < -0.39 is 0 Å². The fourth-order valence-electron chi connectivity index (χ4n) is 13.3. The van der Waals surface area contributed by atoms with Gasteiger partial charge in [0.1, 0.15) is 0 Å². The van der Waals surface area contributed by atoms with Gasteiger partial charge in [0.15, 0.2) is 0 Å². The summed E-state index contributed by atoms with van der Waals surface area (Å²) in [6.45, 7) is 0. The Bertz CT molecular complexity index is 4980.